The fourth-order valence-electron chi connectivity index (χ4n) is 1.80. The van der Waals surface area contributed by atoms with Crippen LogP contribution in [0.15, 0.2) is 52.3 Å². The number of benzene rings is 2. The maximum absolute atomic E-state index is 11.1. The number of rotatable bonds is 4. The molecule has 0 saturated carbocycles. The van der Waals surface area contributed by atoms with Crippen LogP contribution in [0.1, 0.15) is 25.3 Å². The molecule has 2 rings (SSSR count). The minimum absolute atomic E-state index is 0.0351. The SMILES string of the molecule is CC(C)c1ccc(Sc2cccc(Cl)c2[N+](=O)[O-])cc1. The van der Waals surface area contributed by atoms with Gasteiger partial charge in [-0.05, 0) is 35.7 Å². The molecule has 0 heterocycles. The maximum atomic E-state index is 11.1. The first-order chi connectivity index (χ1) is 9.49. The van der Waals surface area contributed by atoms with Crippen LogP contribution in [0, 0.1) is 10.1 Å². The van der Waals surface area contributed by atoms with Crippen molar-refractivity contribution in [3.05, 3.63) is 63.2 Å². The van der Waals surface area contributed by atoms with Crippen molar-refractivity contribution in [3.8, 4) is 0 Å². The Balaban J connectivity index is 2.30. The highest BCUT2D eigenvalue weighted by atomic mass is 35.5. The number of hydrogen-bond acceptors (Lipinski definition) is 3. The van der Waals surface area contributed by atoms with Gasteiger partial charge in [0.1, 0.15) is 5.02 Å². The standard InChI is InChI=1S/C15H14ClNO2S/c1-10(2)11-6-8-12(9-7-11)20-14-5-3-4-13(16)15(14)17(18)19/h3-10H,1-2H3. The Morgan fingerprint density at radius 3 is 2.35 bits per heavy atom. The van der Waals surface area contributed by atoms with Crippen LogP contribution in [0.25, 0.3) is 0 Å². The third-order valence-electron chi connectivity index (χ3n) is 2.91. The van der Waals surface area contributed by atoms with Crippen LogP contribution < -0.4 is 0 Å². The Morgan fingerprint density at radius 2 is 1.80 bits per heavy atom. The minimum atomic E-state index is -0.437. The molecule has 0 amide bonds. The molecular formula is C15H14ClNO2S. The molecule has 0 radical (unpaired) electrons. The summed E-state index contributed by atoms with van der Waals surface area (Å²) < 4.78 is 0. The summed E-state index contributed by atoms with van der Waals surface area (Å²) in [5, 5.41) is 11.2. The summed E-state index contributed by atoms with van der Waals surface area (Å²) in [6.45, 7) is 4.26. The molecule has 0 unspecified atom stereocenters. The van der Waals surface area contributed by atoms with Gasteiger partial charge in [-0.3, -0.25) is 10.1 Å². The van der Waals surface area contributed by atoms with Crippen molar-refractivity contribution in [2.45, 2.75) is 29.6 Å². The van der Waals surface area contributed by atoms with E-state index in [0.717, 1.165) is 4.90 Å². The first kappa shape index (κ1) is 14.9. The first-order valence-electron chi connectivity index (χ1n) is 6.19. The normalized spacial score (nSPS) is 10.8. The second kappa shape index (κ2) is 6.29. The van der Waals surface area contributed by atoms with Crippen molar-refractivity contribution >= 4 is 29.1 Å². The molecule has 104 valence electrons. The van der Waals surface area contributed by atoms with Gasteiger partial charge in [-0.15, -0.1) is 0 Å². The highest BCUT2D eigenvalue weighted by Crippen LogP contribution is 2.39. The minimum Gasteiger partial charge on any atom is -0.258 e. The summed E-state index contributed by atoms with van der Waals surface area (Å²) >= 11 is 7.25. The molecule has 0 N–H and O–H groups in total. The van der Waals surface area contributed by atoms with Crippen molar-refractivity contribution in [1.82, 2.24) is 0 Å². The third kappa shape index (κ3) is 3.32. The maximum Gasteiger partial charge on any atom is 0.301 e. The Bertz CT molecular complexity index is 626. The van der Waals surface area contributed by atoms with Gasteiger partial charge in [0, 0.05) is 4.90 Å². The Kier molecular flexibility index (Phi) is 4.68. The van der Waals surface area contributed by atoms with E-state index in [2.05, 4.69) is 13.8 Å². The summed E-state index contributed by atoms with van der Waals surface area (Å²) in [5.41, 5.74) is 1.21. The molecule has 2 aromatic carbocycles. The van der Waals surface area contributed by atoms with Crippen molar-refractivity contribution in [2.75, 3.05) is 0 Å². The van der Waals surface area contributed by atoms with Crippen LogP contribution >= 0.6 is 23.4 Å². The summed E-state index contributed by atoms with van der Waals surface area (Å²) in [6, 6.07) is 13.0. The molecule has 0 aromatic heterocycles. The zero-order valence-corrected chi connectivity index (χ0v) is 12.7. The molecule has 0 atom stereocenters. The van der Waals surface area contributed by atoms with Crippen LogP contribution in [0.3, 0.4) is 0 Å². The van der Waals surface area contributed by atoms with Gasteiger partial charge < -0.3 is 0 Å². The number of halogens is 1. The van der Waals surface area contributed by atoms with E-state index < -0.39 is 4.92 Å². The molecule has 0 spiro atoms. The number of nitrogens with zero attached hydrogens (tertiary/aromatic N) is 1. The van der Waals surface area contributed by atoms with Gasteiger partial charge in [0.15, 0.2) is 0 Å². The first-order valence-corrected chi connectivity index (χ1v) is 7.39. The lowest BCUT2D eigenvalue weighted by molar-refractivity contribution is -0.387. The van der Waals surface area contributed by atoms with Crippen molar-refractivity contribution < 1.29 is 4.92 Å². The van der Waals surface area contributed by atoms with E-state index in [4.69, 9.17) is 11.6 Å². The quantitative estimate of drug-likeness (QED) is 0.551. The molecule has 0 bridgehead atoms. The molecule has 5 heteroatoms. The lowest BCUT2D eigenvalue weighted by atomic mass is 10.0. The van der Waals surface area contributed by atoms with E-state index >= 15 is 0 Å². The number of para-hydroxylation sites is 1. The van der Waals surface area contributed by atoms with E-state index in [1.54, 1.807) is 12.1 Å². The van der Waals surface area contributed by atoms with Crippen LogP contribution in [0.4, 0.5) is 5.69 Å². The van der Waals surface area contributed by atoms with Crippen LogP contribution in [0.5, 0.6) is 0 Å². The van der Waals surface area contributed by atoms with Gasteiger partial charge in [-0.1, -0.05) is 55.4 Å². The molecule has 0 aliphatic rings. The van der Waals surface area contributed by atoms with Gasteiger partial charge in [-0.25, -0.2) is 0 Å². The molecule has 0 aliphatic heterocycles. The fourth-order valence-corrected chi connectivity index (χ4v) is 3.06. The number of nitro benzene ring substituents is 1. The predicted molar refractivity (Wildman–Crippen MR) is 82.8 cm³/mol. The molecule has 2 aromatic rings. The van der Waals surface area contributed by atoms with Gasteiger partial charge in [0.2, 0.25) is 0 Å². The van der Waals surface area contributed by atoms with Crippen molar-refractivity contribution in [2.24, 2.45) is 0 Å². The van der Waals surface area contributed by atoms with E-state index in [0.29, 0.717) is 10.8 Å². The summed E-state index contributed by atoms with van der Waals surface area (Å²) in [7, 11) is 0. The van der Waals surface area contributed by atoms with Gasteiger partial charge in [0.25, 0.3) is 0 Å². The smallest absolute Gasteiger partial charge is 0.258 e. The van der Waals surface area contributed by atoms with Crippen molar-refractivity contribution in [3.63, 3.8) is 0 Å². The second-order valence-electron chi connectivity index (χ2n) is 4.67. The summed E-state index contributed by atoms with van der Waals surface area (Å²) in [6.07, 6.45) is 0. The Hall–Kier alpha value is -1.52. The monoisotopic (exact) mass is 307 g/mol. The highest BCUT2D eigenvalue weighted by molar-refractivity contribution is 7.99. The second-order valence-corrected chi connectivity index (χ2v) is 6.19. The third-order valence-corrected chi connectivity index (χ3v) is 4.27. The zero-order chi connectivity index (χ0) is 14.7. The van der Waals surface area contributed by atoms with E-state index in [1.165, 1.54) is 23.4 Å². The van der Waals surface area contributed by atoms with Crippen LogP contribution in [0.2, 0.25) is 5.02 Å². The molecule has 0 fully saturated rings. The lowest BCUT2D eigenvalue weighted by Gasteiger charge is -2.07. The molecule has 20 heavy (non-hydrogen) atoms. The topological polar surface area (TPSA) is 43.1 Å². The predicted octanol–water partition coefficient (Wildman–Crippen LogP) is 5.52. The van der Waals surface area contributed by atoms with E-state index in [1.807, 2.05) is 24.3 Å². The average Bonchev–Trinajstić information content (AvgIpc) is 2.39. The van der Waals surface area contributed by atoms with Gasteiger partial charge in [0.05, 0.1) is 9.82 Å². The Labute approximate surface area is 127 Å². The summed E-state index contributed by atoms with van der Waals surface area (Å²) in [5.74, 6) is 0.467. The molecule has 0 saturated heterocycles. The molecular weight excluding hydrogens is 294 g/mol. The van der Waals surface area contributed by atoms with Crippen LogP contribution in [-0.4, -0.2) is 4.92 Å². The number of hydrogen-bond donors (Lipinski definition) is 0. The van der Waals surface area contributed by atoms with E-state index in [9.17, 15) is 10.1 Å². The molecule has 0 aliphatic carbocycles. The Morgan fingerprint density at radius 1 is 1.15 bits per heavy atom. The van der Waals surface area contributed by atoms with Gasteiger partial charge in [-0.2, -0.15) is 0 Å². The van der Waals surface area contributed by atoms with E-state index in [-0.39, 0.29) is 10.7 Å². The zero-order valence-electron chi connectivity index (χ0n) is 11.2. The van der Waals surface area contributed by atoms with Crippen LogP contribution in [-0.2, 0) is 0 Å². The van der Waals surface area contributed by atoms with Gasteiger partial charge >= 0.3 is 5.69 Å². The lowest BCUT2D eigenvalue weighted by Crippen LogP contribution is -1.92. The average molecular weight is 308 g/mol. The largest absolute Gasteiger partial charge is 0.301 e. The highest BCUT2D eigenvalue weighted by Gasteiger charge is 2.19. The number of nitro groups is 1. The van der Waals surface area contributed by atoms with Crippen molar-refractivity contribution in [1.29, 1.82) is 0 Å². The molecule has 3 nitrogen and oxygen atoms in total. The summed E-state index contributed by atoms with van der Waals surface area (Å²) in [4.78, 5) is 12.2. The fraction of sp³-hybridized carbons (Fsp3) is 0.200.